The highest BCUT2D eigenvalue weighted by Gasteiger charge is 2.01. The molecule has 76 valence electrons. The van der Waals surface area contributed by atoms with Gasteiger partial charge in [-0.25, -0.2) is 0 Å². The Balaban J connectivity index is 2.78. The maximum absolute atomic E-state index is 8.43. The van der Waals surface area contributed by atoms with Crippen molar-refractivity contribution in [2.45, 2.75) is 20.0 Å². The van der Waals surface area contributed by atoms with Gasteiger partial charge in [-0.2, -0.15) is 0 Å². The molecule has 0 fully saturated rings. The molecule has 0 spiro atoms. The van der Waals surface area contributed by atoms with E-state index in [2.05, 4.69) is 5.16 Å². The second-order valence-electron chi connectivity index (χ2n) is 3.08. The molecule has 0 aromatic heterocycles. The lowest BCUT2D eigenvalue weighted by atomic mass is 10.2. The summed E-state index contributed by atoms with van der Waals surface area (Å²) in [4.78, 5) is 0. The lowest BCUT2D eigenvalue weighted by molar-refractivity contribution is 0.242. The van der Waals surface area contributed by atoms with E-state index in [9.17, 15) is 0 Å². The molecule has 0 radical (unpaired) electrons. The molecule has 1 aromatic carbocycles. The van der Waals surface area contributed by atoms with Crippen LogP contribution in [0, 0.1) is 0 Å². The van der Waals surface area contributed by atoms with E-state index in [-0.39, 0.29) is 11.3 Å². The van der Waals surface area contributed by atoms with E-state index in [1.54, 1.807) is 24.3 Å². The van der Waals surface area contributed by atoms with E-state index in [0.29, 0.717) is 5.56 Å². The zero-order valence-corrected chi connectivity index (χ0v) is 8.82. The van der Waals surface area contributed by atoms with Crippen LogP contribution in [0.15, 0.2) is 29.4 Å². The van der Waals surface area contributed by atoms with Crippen molar-refractivity contribution in [1.82, 2.24) is 0 Å². The lowest BCUT2D eigenvalue weighted by Crippen LogP contribution is -2.05. The average Bonchev–Trinajstić information content (AvgIpc) is 2.17. The van der Waals surface area contributed by atoms with E-state index in [0.717, 1.165) is 5.75 Å². The minimum absolute atomic E-state index is 0.0705. The first-order valence-corrected chi connectivity index (χ1v) is 4.66. The summed E-state index contributed by atoms with van der Waals surface area (Å²) in [5, 5.41) is 11.4. The maximum Gasteiger partial charge on any atom is 0.175 e. The molecule has 0 bridgehead atoms. The molecule has 1 aromatic rings. The largest absolute Gasteiger partial charge is 0.491 e. The van der Waals surface area contributed by atoms with Crippen molar-refractivity contribution in [2.24, 2.45) is 5.16 Å². The monoisotopic (exact) mass is 213 g/mol. The van der Waals surface area contributed by atoms with Gasteiger partial charge in [0.25, 0.3) is 0 Å². The second kappa shape index (κ2) is 4.86. The van der Waals surface area contributed by atoms with Gasteiger partial charge in [0.05, 0.1) is 6.10 Å². The van der Waals surface area contributed by atoms with Crippen LogP contribution < -0.4 is 4.74 Å². The fourth-order valence-corrected chi connectivity index (χ4v) is 1.13. The normalized spacial score (nSPS) is 11.9. The minimum atomic E-state index is 0.0705. The highest BCUT2D eigenvalue weighted by Crippen LogP contribution is 2.15. The molecule has 0 heterocycles. The Morgan fingerprint density at radius 2 is 1.93 bits per heavy atom. The average molecular weight is 214 g/mol. The molecular formula is C10H12ClNO2. The van der Waals surface area contributed by atoms with Crippen molar-refractivity contribution in [2.75, 3.05) is 0 Å². The second-order valence-corrected chi connectivity index (χ2v) is 3.44. The number of benzene rings is 1. The Bertz CT molecular complexity index is 319. The summed E-state index contributed by atoms with van der Waals surface area (Å²) in [6.07, 6.45) is 0.142. The first-order chi connectivity index (χ1) is 6.63. The van der Waals surface area contributed by atoms with E-state index >= 15 is 0 Å². The van der Waals surface area contributed by atoms with Crippen LogP contribution in [0.2, 0.25) is 0 Å². The Hall–Kier alpha value is -1.22. The molecule has 0 atom stereocenters. The summed E-state index contributed by atoms with van der Waals surface area (Å²) in [6, 6.07) is 7.03. The molecule has 0 aliphatic rings. The van der Waals surface area contributed by atoms with Crippen LogP contribution in [0.1, 0.15) is 19.4 Å². The van der Waals surface area contributed by atoms with Gasteiger partial charge in [-0.1, -0.05) is 16.8 Å². The van der Waals surface area contributed by atoms with Gasteiger partial charge < -0.3 is 9.94 Å². The molecule has 1 N–H and O–H groups in total. The highest BCUT2D eigenvalue weighted by molar-refractivity contribution is 6.69. The number of hydrogen-bond donors (Lipinski definition) is 1. The van der Waals surface area contributed by atoms with Gasteiger partial charge in [-0.3, -0.25) is 0 Å². The fourth-order valence-electron chi connectivity index (χ4n) is 1.00. The predicted octanol–water partition coefficient (Wildman–Crippen LogP) is 2.85. The quantitative estimate of drug-likeness (QED) is 0.477. The van der Waals surface area contributed by atoms with Gasteiger partial charge >= 0.3 is 0 Å². The first-order valence-electron chi connectivity index (χ1n) is 4.28. The van der Waals surface area contributed by atoms with E-state index < -0.39 is 0 Å². The topological polar surface area (TPSA) is 41.8 Å². The molecule has 4 heteroatoms. The maximum atomic E-state index is 8.43. The Labute approximate surface area is 88.0 Å². The van der Waals surface area contributed by atoms with Gasteiger partial charge in [0, 0.05) is 5.56 Å². The van der Waals surface area contributed by atoms with E-state index in [4.69, 9.17) is 21.5 Å². The molecule has 0 amide bonds. The summed E-state index contributed by atoms with van der Waals surface area (Å²) in [5.74, 6) is 0.770. The number of nitrogens with zero attached hydrogens (tertiary/aromatic N) is 1. The van der Waals surface area contributed by atoms with Gasteiger partial charge in [-0.05, 0) is 38.1 Å². The molecule has 0 saturated carbocycles. The summed E-state index contributed by atoms with van der Waals surface area (Å²) in [7, 11) is 0. The van der Waals surface area contributed by atoms with Crippen LogP contribution in [-0.4, -0.2) is 16.5 Å². The molecule has 0 aliphatic carbocycles. The fraction of sp³-hybridized carbons (Fsp3) is 0.300. The summed E-state index contributed by atoms with van der Waals surface area (Å²) in [5.41, 5.74) is 0.658. The number of rotatable bonds is 3. The van der Waals surface area contributed by atoms with Gasteiger partial charge in [-0.15, -0.1) is 0 Å². The van der Waals surface area contributed by atoms with Crippen molar-refractivity contribution in [3.63, 3.8) is 0 Å². The van der Waals surface area contributed by atoms with Crippen molar-refractivity contribution in [3.8, 4) is 5.75 Å². The first kappa shape index (κ1) is 10.9. The van der Waals surface area contributed by atoms with Crippen LogP contribution in [0.25, 0.3) is 0 Å². The van der Waals surface area contributed by atoms with Crippen LogP contribution in [-0.2, 0) is 0 Å². The lowest BCUT2D eigenvalue weighted by Gasteiger charge is -2.09. The molecule has 0 unspecified atom stereocenters. The zero-order chi connectivity index (χ0) is 10.6. The minimum Gasteiger partial charge on any atom is -0.491 e. The van der Waals surface area contributed by atoms with E-state index in [1.807, 2.05) is 13.8 Å². The van der Waals surface area contributed by atoms with Gasteiger partial charge in [0.2, 0.25) is 0 Å². The number of hydrogen-bond acceptors (Lipinski definition) is 3. The smallest absolute Gasteiger partial charge is 0.175 e. The summed E-state index contributed by atoms with van der Waals surface area (Å²) in [6.45, 7) is 3.91. The third-order valence-electron chi connectivity index (χ3n) is 1.55. The van der Waals surface area contributed by atoms with Crippen LogP contribution in [0.5, 0.6) is 5.75 Å². The van der Waals surface area contributed by atoms with Crippen molar-refractivity contribution < 1.29 is 9.94 Å². The molecule has 14 heavy (non-hydrogen) atoms. The molecular weight excluding hydrogens is 202 g/mol. The van der Waals surface area contributed by atoms with Crippen LogP contribution >= 0.6 is 11.6 Å². The molecule has 0 saturated heterocycles. The van der Waals surface area contributed by atoms with Crippen molar-refractivity contribution in [3.05, 3.63) is 29.8 Å². The molecule has 1 rings (SSSR count). The third kappa shape index (κ3) is 2.92. The van der Waals surface area contributed by atoms with Crippen LogP contribution in [0.3, 0.4) is 0 Å². The zero-order valence-electron chi connectivity index (χ0n) is 8.07. The molecule has 0 aliphatic heterocycles. The Kier molecular flexibility index (Phi) is 3.77. The standard InChI is InChI=1S/C10H12ClNO2/c1-7(2)14-9-5-3-8(4-6-9)10(11)12-13/h3-7,13H,1-2H3/b12-10-. The summed E-state index contributed by atoms with van der Waals surface area (Å²) >= 11 is 5.61. The molecule has 3 nitrogen and oxygen atoms in total. The predicted molar refractivity (Wildman–Crippen MR) is 56.4 cm³/mol. The van der Waals surface area contributed by atoms with Crippen LogP contribution in [0.4, 0.5) is 0 Å². The highest BCUT2D eigenvalue weighted by atomic mass is 35.5. The van der Waals surface area contributed by atoms with E-state index in [1.165, 1.54) is 0 Å². The number of ether oxygens (including phenoxy) is 1. The number of oxime groups is 1. The number of halogens is 1. The Morgan fingerprint density at radius 1 is 1.36 bits per heavy atom. The SMILES string of the molecule is CC(C)Oc1ccc(/C(Cl)=N/O)cc1. The summed E-state index contributed by atoms with van der Waals surface area (Å²) < 4.78 is 5.44. The third-order valence-corrected chi connectivity index (χ3v) is 1.85. The van der Waals surface area contributed by atoms with Crippen molar-refractivity contribution in [1.29, 1.82) is 0 Å². The van der Waals surface area contributed by atoms with Crippen molar-refractivity contribution >= 4 is 16.8 Å². The van der Waals surface area contributed by atoms with Gasteiger partial charge in [0.15, 0.2) is 5.17 Å². The Morgan fingerprint density at radius 3 is 2.36 bits per heavy atom. The van der Waals surface area contributed by atoms with Gasteiger partial charge in [0.1, 0.15) is 5.75 Å².